The van der Waals surface area contributed by atoms with Crippen LogP contribution in [0.1, 0.15) is 42.9 Å². The van der Waals surface area contributed by atoms with Crippen molar-refractivity contribution in [2.45, 2.75) is 43.4 Å². The van der Waals surface area contributed by atoms with Crippen LogP contribution in [0.3, 0.4) is 0 Å². The van der Waals surface area contributed by atoms with Gasteiger partial charge in [-0.2, -0.15) is 13.2 Å². The number of carboxylic acids is 1. The summed E-state index contributed by atoms with van der Waals surface area (Å²) in [6, 6.07) is 12.2. The molecule has 2 aliphatic heterocycles. The van der Waals surface area contributed by atoms with Crippen LogP contribution in [0.5, 0.6) is 5.75 Å². The molecule has 0 saturated carbocycles. The Morgan fingerprint density at radius 1 is 1.09 bits per heavy atom. The molecule has 0 radical (unpaired) electrons. The van der Waals surface area contributed by atoms with Crippen molar-refractivity contribution in [1.82, 2.24) is 4.90 Å². The number of rotatable bonds is 8. The third-order valence-corrected chi connectivity index (χ3v) is 10.1. The number of benzene rings is 3. The van der Waals surface area contributed by atoms with Crippen molar-refractivity contribution in [3.05, 3.63) is 88.2 Å². The van der Waals surface area contributed by atoms with E-state index in [1.54, 1.807) is 19.1 Å². The van der Waals surface area contributed by atoms with Crippen LogP contribution in [0, 0.1) is 11.7 Å². The number of carbonyl (C=O) groups is 2. The fraction of sp³-hybridized carbons (Fsp3) is 0.312. The van der Waals surface area contributed by atoms with Crippen molar-refractivity contribution in [1.29, 1.82) is 0 Å². The number of alkyl halides is 3. The molecule has 1 fully saturated rings. The van der Waals surface area contributed by atoms with Gasteiger partial charge in [-0.1, -0.05) is 35.9 Å². The van der Waals surface area contributed by atoms with Crippen LogP contribution in [0.25, 0.3) is 11.6 Å². The number of carbonyl (C=O) groups excluding carboxylic acids is 1. The largest absolute Gasteiger partial charge is 0.486 e. The maximum absolute atomic E-state index is 14.6. The van der Waals surface area contributed by atoms with Crippen LogP contribution in [-0.2, 0) is 25.8 Å². The van der Waals surface area contributed by atoms with Gasteiger partial charge < -0.3 is 14.7 Å². The molecule has 46 heavy (non-hydrogen) atoms. The summed E-state index contributed by atoms with van der Waals surface area (Å²) in [6.07, 6.45) is -3.71. The molecular weight excluding hydrogens is 652 g/mol. The minimum atomic E-state index is -4.78. The highest BCUT2D eigenvalue weighted by Gasteiger charge is 2.38. The summed E-state index contributed by atoms with van der Waals surface area (Å²) in [5, 5.41) is 9.42. The lowest BCUT2D eigenvalue weighted by Crippen LogP contribution is -2.44. The molecule has 0 bridgehead atoms. The summed E-state index contributed by atoms with van der Waals surface area (Å²) in [5.41, 5.74) is -0.0490. The third kappa shape index (κ3) is 7.00. The Kier molecular flexibility index (Phi) is 9.37. The molecule has 3 aromatic carbocycles. The van der Waals surface area contributed by atoms with E-state index in [2.05, 4.69) is 0 Å². The number of allylic oxidation sites excluding steroid dienone is 1. The van der Waals surface area contributed by atoms with E-state index < -0.39 is 50.5 Å². The van der Waals surface area contributed by atoms with Gasteiger partial charge in [-0.3, -0.25) is 13.9 Å². The quantitative estimate of drug-likeness (QED) is 0.209. The van der Waals surface area contributed by atoms with Gasteiger partial charge in [-0.15, -0.1) is 0 Å². The van der Waals surface area contributed by atoms with Crippen LogP contribution < -0.4 is 9.04 Å². The molecule has 14 heteroatoms. The first kappa shape index (κ1) is 33.3. The van der Waals surface area contributed by atoms with E-state index in [0.717, 1.165) is 22.5 Å². The van der Waals surface area contributed by atoms with Crippen molar-refractivity contribution in [3.8, 4) is 5.75 Å². The summed E-state index contributed by atoms with van der Waals surface area (Å²) in [7, 11) is -4.58. The number of carboxylic acid groups (broad SMARTS) is 1. The normalized spacial score (nSPS) is 18.7. The first-order valence-electron chi connectivity index (χ1n) is 14.3. The van der Waals surface area contributed by atoms with Crippen molar-refractivity contribution < 1.29 is 45.4 Å². The molecule has 0 spiro atoms. The predicted molar refractivity (Wildman–Crippen MR) is 163 cm³/mol. The van der Waals surface area contributed by atoms with Gasteiger partial charge in [0, 0.05) is 25.1 Å². The Morgan fingerprint density at radius 2 is 1.83 bits per heavy atom. The molecule has 2 heterocycles. The summed E-state index contributed by atoms with van der Waals surface area (Å²) >= 11 is 6.21. The topological polar surface area (TPSA) is 104 Å². The first-order valence-corrected chi connectivity index (χ1v) is 16.1. The zero-order valence-corrected chi connectivity index (χ0v) is 26.0. The van der Waals surface area contributed by atoms with Crippen LogP contribution in [0.2, 0.25) is 5.02 Å². The second-order valence-corrected chi connectivity index (χ2v) is 13.4. The highest BCUT2D eigenvalue weighted by Crippen LogP contribution is 2.40. The van der Waals surface area contributed by atoms with Crippen molar-refractivity contribution in [2.24, 2.45) is 5.92 Å². The van der Waals surface area contributed by atoms with E-state index in [-0.39, 0.29) is 60.4 Å². The Morgan fingerprint density at radius 3 is 2.50 bits per heavy atom. The summed E-state index contributed by atoms with van der Waals surface area (Å²) < 4.78 is 90.0. The third-order valence-electron chi connectivity index (χ3n) is 7.97. The molecule has 0 aliphatic carbocycles. The number of amides is 1. The van der Waals surface area contributed by atoms with E-state index >= 15 is 0 Å². The molecule has 5 rings (SSSR count). The maximum Gasteiger partial charge on any atom is 0.416 e. The molecule has 0 aromatic heterocycles. The van der Waals surface area contributed by atoms with Crippen molar-refractivity contribution in [3.63, 3.8) is 0 Å². The van der Waals surface area contributed by atoms with Crippen molar-refractivity contribution >= 4 is 50.8 Å². The minimum Gasteiger partial charge on any atom is -0.486 e. The number of hydrogen-bond acceptors (Lipinski definition) is 5. The highest BCUT2D eigenvalue weighted by atomic mass is 35.5. The summed E-state index contributed by atoms with van der Waals surface area (Å²) in [4.78, 5) is 25.0. The number of halogens is 5. The van der Waals surface area contributed by atoms with Gasteiger partial charge in [0.05, 0.1) is 33.6 Å². The fourth-order valence-corrected chi connectivity index (χ4v) is 7.44. The predicted octanol–water partition coefficient (Wildman–Crippen LogP) is 6.73. The van der Waals surface area contributed by atoms with Gasteiger partial charge in [0.1, 0.15) is 17.7 Å². The van der Waals surface area contributed by atoms with E-state index in [4.69, 9.17) is 16.3 Å². The molecule has 1 N–H and O–H groups in total. The Balaban J connectivity index is 1.48. The lowest BCUT2D eigenvalue weighted by atomic mass is 10.0. The van der Waals surface area contributed by atoms with Gasteiger partial charge >= 0.3 is 12.1 Å². The van der Waals surface area contributed by atoms with Crippen LogP contribution in [0.4, 0.5) is 23.2 Å². The molecule has 1 saturated heterocycles. The number of ether oxygens (including phenoxy) is 1. The van der Waals surface area contributed by atoms with Crippen LogP contribution in [0.15, 0.2) is 65.6 Å². The van der Waals surface area contributed by atoms with E-state index in [9.17, 15) is 40.7 Å². The number of sulfonamides is 1. The molecule has 244 valence electrons. The summed E-state index contributed by atoms with van der Waals surface area (Å²) in [6.45, 7) is 1.67. The number of likely N-dealkylation sites (tertiary alicyclic amines) is 1. The lowest BCUT2D eigenvalue weighted by molar-refractivity contribution is -0.141. The van der Waals surface area contributed by atoms with Crippen LogP contribution >= 0.6 is 11.6 Å². The monoisotopic (exact) mass is 680 g/mol. The van der Waals surface area contributed by atoms with Crippen molar-refractivity contribution in [2.75, 3.05) is 23.9 Å². The SMILES string of the molecule is C/C(=C\c1ccc2c(c1)N(S(=O)(=O)c1cccc(C(F)(F)F)c1)C[C@H](CCC(=O)N1CC[C@H](C(=O)O)C1)O2)c1c(F)cccc1Cl. The van der Waals surface area contributed by atoms with Gasteiger partial charge in [-0.05, 0) is 73.4 Å². The number of nitrogens with zero attached hydrogens (tertiary/aromatic N) is 2. The Labute approximate surface area is 267 Å². The highest BCUT2D eigenvalue weighted by molar-refractivity contribution is 7.92. The molecular formula is C32H29ClF4N2O6S. The standard InChI is InChI=1S/C32H29ClF4N2O6S/c1-19(30-25(33)6-3-7-26(30)34)14-20-8-10-28-27(15-20)39(46(43,44)24-5-2-4-22(16-24)32(35,36)37)18-23(45-28)9-11-29(40)38-13-12-21(17-38)31(41)42/h2-8,10,14-16,21,23H,9,11-13,17-18H2,1H3,(H,41,42)/b19-14+/t21-,23-/m0/s1. The average molecular weight is 681 g/mol. The minimum absolute atomic E-state index is 0.0463. The number of fused-ring (bicyclic) bond motifs is 1. The molecule has 2 aliphatic rings. The maximum atomic E-state index is 14.6. The second-order valence-electron chi connectivity index (χ2n) is 11.2. The number of anilines is 1. The van der Waals surface area contributed by atoms with E-state index in [1.165, 1.54) is 35.2 Å². The molecule has 2 atom stereocenters. The first-order chi connectivity index (χ1) is 21.6. The number of aliphatic carboxylic acids is 1. The number of hydrogen-bond donors (Lipinski definition) is 1. The van der Waals surface area contributed by atoms with Gasteiger partial charge in [0.2, 0.25) is 5.91 Å². The zero-order valence-electron chi connectivity index (χ0n) is 24.4. The Hall–Kier alpha value is -4.10. The smallest absolute Gasteiger partial charge is 0.416 e. The van der Waals surface area contributed by atoms with E-state index in [1.807, 2.05) is 0 Å². The van der Waals surface area contributed by atoms with Gasteiger partial charge in [0.15, 0.2) is 0 Å². The molecule has 3 aromatic rings. The lowest BCUT2D eigenvalue weighted by Gasteiger charge is -2.36. The fourth-order valence-electron chi connectivity index (χ4n) is 5.58. The molecule has 8 nitrogen and oxygen atoms in total. The average Bonchev–Trinajstić information content (AvgIpc) is 3.50. The molecule has 0 unspecified atom stereocenters. The Bertz CT molecular complexity index is 1790. The van der Waals surface area contributed by atoms with Gasteiger partial charge in [-0.25, -0.2) is 12.8 Å². The second kappa shape index (κ2) is 13.0. The molecule has 1 amide bonds. The van der Waals surface area contributed by atoms with Crippen LogP contribution in [-0.4, -0.2) is 56.0 Å². The van der Waals surface area contributed by atoms with Gasteiger partial charge in [0.25, 0.3) is 10.0 Å². The summed E-state index contributed by atoms with van der Waals surface area (Å²) in [5.74, 6) is -2.39. The zero-order chi connectivity index (χ0) is 33.4. The van der Waals surface area contributed by atoms with E-state index in [0.29, 0.717) is 23.6 Å².